The van der Waals surface area contributed by atoms with E-state index in [1.54, 1.807) is 0 Å². The van der Waals surface area contributed by atoms with Crippen molar-refractivity contribution in [1.29, 1.82) is 0 Å². The van der Waals surface area contributed by atoms with E-state index in [0.717, 1.165) is 64.2 Å². The maximum atomic E-state index is 12.3. The minimum absolute atomic E-state index is 0. The molecular formula is C48H82NNa2O12P. The Bertz CT molecular complexity index is 1390. The predicted octanol–water partition coefficient (Wildman–Crippen LogP) is 4.42. The third-order valence-electron chi connectivity index (χ3n) is 10.2. The third-order valence-corrected chi connectivity index (χ3v) is 10.7. The molecule has 0 fully saturated rings. The van der Waals surface area contributed by atoms with Gasteiger partial charge in [-0.15, -0.1) is 0 Å². The van der Waals surface area contributed by atoms with Gasteiger partial charge in [0.15, 0.2) is 17.6 Å². The molecule has 1 rings (SSSR count). The van der Waals surface area contributed by atoms with Gasteiger partial charge in [-0.3, -0.25) is 14.4 Å². The molecule has 358 valence electrons. The molecule has 0 aromatic heterocycles. The van der Waals surface area contributed by atoms with Crippen molar-refractivity contribution in [1.82, 2.24) is 0 Å². The number of esters is 2. The molecule has 64 heavy (non-hydrogen) atoms. The number of aliphatic carboxylic acids is 1. The molecule has 0 aliphatic carbocycles. The summed E-state index contributed by atoms with van der Waals surface area (Å²) >= 11 is 0. The van der Waals surface area contributed by atoms with Crippen molar-refractivity contribution in [2.75, 3.05) is 13.2 Å². The topological polar surface area (TPSA) is 229 Å². The number of phenolic OH excluding ortho intramolecular Hbond substituents is 2. The number of carbonyl (C=O) groups excluding carboxylic acids is 2. The number of hydrogen-bond donors (Lipinski definition) is 4. The van der Waals surface area contributed by atoms with Crippen LogP contribution in [0.2, 0.25) is 0 Å². The normalized spacial score (nSPS) is 12.2. The fourth-order valence-electron chi connectivity index (χ4n) is 6.51. The van der Waals surface area contributed by atoms with Crippen LogP contribution in [0.1, 0.15) is 199 Å². The van der Waals surface area contributed by atoms with E-state index in [9.17, 15) is 28.7 Å². The predicted molar refractivity (Wildman–Crippen MR) is 242 cm³/mol. The van der Waals surface area contributed by atoms with Crippen LogP contribution in [-0.4, -0.2) is 58.6 Å². The van der Waals surface area contributed by atoms with Crippen molar-refractivity contribution in [2.24, 2.45) is 5.73 Å². The number of aromatic hydroxyl groups is 2. The first-order valence-corrected chi connectivity index (χ1v) is 25.1. The summed E-state index contributed by atoms with van der Waals surface area (Å²) in [5.41, 5.74) is 5.86. The number of phosphoric acid groups is 1. The molecule has 0 saturated heterocycles. The molecule has 0 unspecified atom stereocenters. The Labute approximate surface area is 430 Å². The quantitative estimate of drug-likeness (QED) is 0.0179. The second-order valence-corrected chi connectivity index (χ2v) is 17.3. The second kappa shape index (κ2) is 46.9. The van der Waals surface area contributed by atoms with Crippen molar-refractivity contribution in [3.63, 3.8) is 0 Å². The van der Waals surface area contributed by atoms with Gasteiger partial charge in [0.05, 0.1) is 14.4 Å². The Morgan fingerprint density at radius 3 is 1.44 bits per heavy atom. The fourth-order valence-corrected chi connectivity index (χ4v) is 6.86. The van der Waals surface area contributed by atoms with E-state index < -0.39 is 44.5 Å². The summed E-state index contributed by atoms with van der Waals surface area (Å²) in [7, 11) is -5.25. The van der Waals surface area contributed by atoms with E-state index in [4.69, 9.17) is 30.5 Å². The summed E-state index contributed by atoms with van der Waals surface area (Å²) in [6.45, 7) is 3.47. The fraction of sp³-hybridized carbons (Fsp3) is 0.729. The van der Waals surface area contributed by atoms with Gasteiger partial charge >= 0.3 is 77.0 Å². The first kappa shape index (κ1) is 67.1. The molecule has 0 aliphatic rings. The van der Waals surface area contributed by atoms with Crippen LogP contribution in [-0.2, 0) is 39.4 Å². The molecule has 5 N–H and O–H groups in total. The largest absolute Gasteiger partial charge is 1.00 e. The molecule has 0 bridgehead atoms. The van der Waals surface area contributed by atoms with Crippen LogP contribution >= 0.6 is 7.82 Å². The van der Waals surface area contributed by atoms with Crippen LogP contribution in [0.3, 0.4) is 0 Å². The van der Waals surface area contributed by atoms with Gasteiger partial charge in [0.25, 0.3) is 0 Å². The molecule has 0 radical (unpaired) electrons. The zero-order valence-electron chi connectivity index (χ0n) is 40.2. The average molecular weight is 942 g/mol. The van der Waals surface area contributed by atoms with Crippen LogP contribution in [0.15, 0.2) is 42.5 Å². The number of carboxylic acid groups (broad SMARTS) is 1. The summed E-state index contributed by atoms with van der Waals surface area (Å²) in [6, 6.07) is 3.09. The third kappa shape index (κ3) is 45.9. The Hall–Kier alpha value is -1.22. The van der Waals surface area contributed by atoms with E-state index in [2.05, 4.69) is 42.7 Å². The maximum absolute atomic E-state index is 12.3. The van der Waals surface area contributed by atoms with Crippen LogP contribution in [0.25, 0.3) is 0 Å². The van der Waals surface area contributed by atoms with Crippen molar-refractivity contribution in [3.8, 4) is 11.5 Å². The Balaban J connectivity index is -0.00000196. The van der Waals surface area contributed by atoms with Crippen LogP contribution in [0.5, 0.6) is 11.5 Å². The average Bonchev–Trinajstić information content (AvgIpc) is 3.23. The number of unbranched alkanes of at least 4 members (excludes halogenated alkanes) is 22. The monoisotopic (exact) mass is 942 g/mol. The summed E-state index contributed by atoms with van der Waals surface area (Å²) in [5.74, 6) is -2.59. The van der Waals surface area contributed by atoms with Gasteiger partial charge < -0.3 is 49.4 Å². The number of carboxylic acids is 1. The van der Waals surface area contributed by atoms with E-state index in [0.29, 0.717) is 18.4 Å². The van der Waals surface area contributed by atoms with E-state index in [-0.39, 0.29) is 96.5 Å². The molecule has 0 amide bonds. The SMILES string of the molecule is CCCCCCCC/C=C\CCCCCCCC(=O)OC[C@H](COP(=O)([O-])[O-])OC(=O)CCCCCCC/C=C\CCCCCCCC.N[C@@H](Cc1ccc(O)c(O)c1)C(=O)O.[Na+].[Na+]. The molecule has 1 aromatic rings. The van der Waals surface area contributed by atoms with Crippen LogP contribution in [0.4, 0.5) is 0 Å². The molecule has 13 nitrogen and oxygen atoms in total. The summed E-state index contributed by atoms with van der Waals surface area (Å²) in [5, 5.41) is 26.6. The number of nitrogens with two attached hydrogens (primary N) is 1. The summed E-state index contributed by atoms with van der Waals surface area (Å²) in [6.07, 6.45) is 38.6. The van der Waals surface area contributed by atoms with Gasteiger partial charge in [0, 0.05) is 12.8 Å². The number of allylic oxidation sites excluding steroid dienone is 4. The number of phenols is 2. The maximum Gasteiger partial charge on any atom is 1.00 e. The second-order valence-electron chi connectivity index (χ2n) is 16.2. The van der Waals surface area contributed by atoms with E-state index >= 15 is 0 Å². The van der Waals surface area contributed by atoms with Gasteiger partial charge in [-0.2, -0.15) is 0 Å². The van der Waals surface area contributed by atoms with Crippen molar-refractivity contribution >= 4 is 25.7 Å². The van der Waals surface area contributed by atoms with E-state index in [1.165, 1.54) is 108 Å². The first-order chi connectivity index (χ1) is 29.8. The van der Waals surface area contributed by atoms with Gasteiger partial charge in [0.2, 0.25) is 0 Å². The number of carbonyl (C=O) groups is 3. The van der Waals surface area contributed by atoms with Gasteiger partial charge in [0.1, 0.15) is 12.6 Å². The number of hydrogen-bond acceptors (Lipinski definition) is 12. The van der Waals surface area contributed by atoms with Crippen LogP contribution < -0.4 is 74.6 Å². The zero-order valence-corrected chi connectivity index (χ0v) is 45.1. The van der Waals surface area contributed by atoms with Gasteiger partial charge in [-0.25, -0.2) is 0 Å². The minimum atomic E-state index is -5.25. The molecule has 0 heterocycles. The van der Waals surface area contributed by atoms with Gasteiger partial charge in [-0.1, -0.05) is 147 Å². The summed E-state index contributed by atoms with van der Waals surface area (Å²) in [4.78, 5) is 56.9. The van der Waals surface area contributed by atoms with Crippen molar-refractivity contribution < 1.29 is 117 Å². The first-order valence-electron chi connectivity index (χ1n) is 23.6. The molecule has 0 spiro atoms. The Kier molecular flexibility index (Phi) is 49.1. The minimum Gasteiger partial charge on any atom is -0.790 e. The van der Waals surface area contributed by atoms with Crippen LogP contribution in [0, 0.1) is 0 Å². The molecule has 0 saturated carbocycles. The number of phosphoric ester groups is 1. The van der Waals surface area contributed by atoms with E-state index in [1.807, 2.05) is 0 Å². The van der Waals surface area contributed by atoms with Crippen molar-refractivity contribution in [3.05, 3.63) is 48.1 Å². The molecule has 2 atom stereocenters. The molecular weight excluding hydrogens is 859 g/mol. The standard InChI is InChI=1S/C39H73O8P.C9H11NO4.2Na/c1-3-5-7-9-11-13-15-17-19-21-23-25-27-29-31-33-38(40)45-35-37(36-46-48(42,43)44)47-39(41)34-32-30-28-26-24-22-20-18-16-14-12-10-8-6-4-2;10-6(9(13)14)3-5-1-2-7(11)8(12)4-5;;/h17-20,37H,3-16,21-36H2,1-2H3,(H2,42,43,44);1-2,4,6,11-12H,3,10H2,(H,13,14);;/q;;2*+1/p-2/b19-17-,20-18-;;;/t37-;6-;;/m10../s1. The number of ether oxygens (including phenoxy) is 2. The number of rotatable bonds is 39. The Morgan fingerprint density at radius 2 is 1.03 bits per heavy atom. The summed E-state index contributed by atoms with van der Waals surface area (Å²) < 4.78 is 25.8. The smallest absolute Gasteiger partial charge is 0.790 e. The molecule has 1 aromatic carbocycles. The number of benzene rings is 1. The molecule has 16 heteroatoms. The Morgan fingerprint density at radius 1 is 0.625 bits per heavy atom. The molecule has 0 aliphatic heterocycles. The zero-order chi connectivity index (χ0) is 46.1. The van der Waals surface area contributed by atoms with Crippen molar-refractivity contribution in [2.45, 2.75) is 212 Å². The van der Waals surface area contributed by atoms with Gasteiger partial charge in [-0.05, 0) is 88.3 Å².